The van der Waals surface area contributed by atoms with E-state index in [1.807, 2.05) is 18.2 Å². The highest BCUT2D eigenvalue weighted by Crippen LogP contribution is 2.23. The Morgan fingerprint density at radius 1 is 1.00 bits per heavy atom. The predicted molar refractivity (Wildman–Crippen MR) is 110 cm³/mol. The molecule has 26 heavy (non-hydrogen) atoms. The van der Waals surface area contributed by atoms with Crippen molar-refractivity contribution in [2.45, 2.75) is 16.7 Å². The van der Waals surface area contributed by atoms with Crippen molar-refractivity contribution in [1.29, 1.82) is 0 Å². The number of aryl methyl sites for hydroxylation is 1. The summed E-state index contributed by atoms with van der Waals surface area (Å²) in [6.07, 6.45) is 0. The van der Waals surface area contributed by atoms with Crippen molar-refractivity contribution in [2.24, 2.45) is 0 Å². The van der Waals surface area contributed by atoms with E-state index in [0.717, 1.165) is 10.6 Å². The summed E-state index contributed by atoms with van der Waals surface area (Å²) in [5.41, 5.74) is 1.86. The summed E-state index contributed by atoms with van der Waals surface area (Å²) < 4.78 is 0. The van der Waals surface area contributed by atoms with E-state index >= 15 is 0 Å². The van der Waals surface area contributed by atoms with Gasteiger partial charge in [0.15, 0.2) is 0 Å². The highest BCUT2D eigenvalue weighted by molar-refractivity contribution is 8.00. The number of amides is 2. The van der Waals surface area contributed by atoms with Gasteiger partial charge in [-0.1, -0.05) is 29.8 Å². The number of nitrogens with one attached hydrogen (secondary N) is 1. The minimum atomic E-state index is -0.102. The quantitative estimate of drug-likeness (QED) is 0.553. The first-order chi connectivity index (χ1) is 12.5. The van der Waals surface area contributed by atoms with Crippen LogP contribution in [0.3, 0.4) is 0 Å². The molecule has 1 N–H and O–H groups in total. The van der Waals surface area contributed by atoms with E-state index in [9.17, 15) is 9.59 Å². The summed E-state index contributed by atoms with van der Waals surface area (Å²) >= 11 is 3.11. The van der Waals surface area contributed by atoms with Crippen molar-refractivity contribution in [3.05, 3.63) is 59.7 Å². The molecule has 0 spiro atoms. The molecule has 2 aromatic rings. The third-order valence-corrected chi connectivity index (χ3v) is 5.73. The molecule has 0 heterocycles. The van der Waals surface area contributed by atoms with Crippen LogP contribution < -0.4 is 5.32 Å². The molecule has 0 atom stereocenters. The summed E-state index contributed by atoms with van der Waals surface area (Å²) in [4.78, 5) is 27.8. The lowest BCUT2D eigenvalue weighted by Crippen LogP contribution is -2.26. The summed E-state index contributed by atoms with van der Waals surface area (Å²) in [7, 11) is 3.46. The maximum atomic E-state index is 12.5. The smallest absolute Gasteiger partial charge is 0.252 e. The van der Waals surface area contributed by atoms with E-state index in [1.54, 1.807) is 36.8 Å². The van der Waals surface area contributed by atoms with Crippen molar-refractivity contribution in [1.82, 2.24) is 10.2 Å². The Kier molecular flexibility index (Phi) is 8.06. The van der Waals surface area contributed by atoms with Crippen molar-refractivity contribution < 1.29 is 9.59 Å². The van der Waals surface area contributed by atoms with Crippen LogP contribution in [-0.4, -0.2) is 48.9 Å². The first-order valence-electron chi connectivity index (χ1n) is 8.37. The van der Waals surface area contributed by atoms with Gasteiger partial charge in [0, 0.05) is 36.2 Å². The lowest BCUT2D eigenvalue weighted by Gasteiger charge is -2.12. The number of benzene rings is 2. The zero-order valence-corrected chi connectivity index (χ0v) is 17.0. The van der Waals surface area contributed by atoms with E-state index in [1.165, 1.54) is 22.2 Å². The molecule has 2 rings (SSSR count). The van der Waals surface area contributed by atoms with Crippen molar-refractivity contribution in [3.8, 4) is 0 Å². The maximum absolute atomic E-state index is 12.5. The van der Waals surface area contributed by atoms with Gasteiger partial charge in [-0.25, -0.2) is 0 Å². The fraction of sp³-hybridized carbons (Fsp3) is 0.300. The standard InChI is InChI=1S/C20H24N2O2S2/c1-15-8-10-16(11-9-15)25-13-12-21-20(24)17-6-4-5-7-18(17)26-14-19(23)22(2)3/h4-11H,12-14H2,1-3H3,(H,21,24). The zero-order valence-electron chi connectivity index (χ0n) is 15.3. The van der Waals surface area contributed by atoms with Gasteiger partial charge in [-0.3, -0.25) is 9.59 Å². The number of carbonyl (C=O) groups is 2. The van der Waals surface area contributed by atoms with Crippen molar-refractivity contribution in [2.75, 3.05) is 32.1 Å². The molecular formula is C20H24N2O2S2. The van der Waals surface area contributed by atoms with Gasteiger partial charge in [0.2, 0.25) is 5.91 Å². The van der Waals surface area contributed by atoms with Crippen LogP contribution in [0.1, 0.15) is 15.9 Å². The first-order valence-corrected chi connectivity index (χ1v) is 10.3. The average molecular weight is 389 g/mol. The fourth-order valence-corrected chi connectivity index (χ4v) is 3.91. The van der Waals surface area contributed by atoms with E-state index in [0.29, 0.717) is 17.9 Å². The van der Waals surface area contributed by atoms with Crippen LogP contribution in [0.5, 0.6) is 0 Å². The van der Waals surface area contributed by atoms with Crippen LogP contribution in [0.15, 0.2) is 58.3 Å². The minimum absolute atomic E-state index is 0.0275. The number of rotatable bonds is 8. The molecule has 6 heteroatoms. The fourth-order valence-electron chi connectivity index (χ4n) is 2.11. The first kappa shape index (κ1) is 20.4. The normalized spacial score (nSPS) is 10.4. The lowest BCUT2D eigenvalue weighted by molar-refractivity contribution is -0.125. The molecule has 0 unspecified atom stereocenters. The van der Waals surface area contributed by atoms with Crippen LogP contribution in [0.2, 0.25) is 0 Å². The minimum Gasteiger partial charge on any atom is -0.351 e. The van der Waals surface area contributed by atoms with Crippen LogP contribution >= 0.6 is 23.5 Å². The van der Waals surface area contributed by atoms with E-state index in [2.05, 4.69) is 36.5 Å². The molecule has 138 valence electrons. The largest absolute Gasteiger partial charge is 0.351 e. The van der Waals surface area contributed by atoms with Gasteiger partial charge in [0.05, 0.1) is 11.3 Å². The molecular weight excluding hydrogens is 364 g/mol. The SMILES string of the molecule is Cc1ccc(SCCNC(=O)c2ccccc2SCC(=O)N(C)C)cc1. The molecule has 0 bridgehead atoms. The lowest BCUT2D eigenvalue weighted by atomic mass is 10.2. The Balaban J connectivity index is 1.84. The van der Waals surface area contributed by atoms with Crippen LogP contribution in [0, 0.1) is 6.92 Å². The van der Waals surface area contributed by atoms with Gasteiger partial charge in [-0.2, -0.15) is 0 Å². The molecule has 2 amide bonds. The van der Waals surface area contributed by atoms with Crippen LogP contribution in [-0.2, 0) is 4.79 Å². The topological polar surface area (TPSA) is 49.4 Å². The Bertz CT molecular complexity index is 746. The monoisotopic (exact) mass is 388 g/mol. The Morgan fingerprint density at radius 3 is 2.38 bits per heavy atom. The Labute approximate surface area is 163 Å². The third-order valence-electron chi connectivity index (χ3n) is 3.66. The second-order valence-electron chi connectivity index (χ2n) is 5.99. The Hall–Kier alpha value is -1.92. The Morgan fingerprint density at radius 2 is 1.69 bits per heavy atom. The molecule has 0 aliphatic rings. The second kappa shape index (κ2) is 10.3. The molecule has 2 aromatic carbocycles. The molecule has 0 aromatic heterocycles. The van der Waals surface area contributed by atoms with Crippen LogP contribution in [0.4, 0.5) is 0 Å². The highest BCUT2D eigenvalue weighted by Gasteiger charge is 2.13. The predicted octanol–water partition coefficient (Wildman–Crippen LogP) is 3.70. The molecule has 0 aliphatic heterocycles. The van der Waals surface area contributed by atoms with E-state index < -0.39 is 0 Å². The van der Waals surface area contributed by atoms with Gasteiger partial charge >= 0.3 is 0 Å². The summed E-state index contributed by atoms with van der Waals surface area (Å²) in [6, 6.07) is 15.8. The molecule has 0 fully saturated rings. The van der Waals surface area contributed by atoms with Gasteiger partial charge in [-0.15, -0.1) is 23.5 Å². The van der Waals surface area contributed by atoms with Gasteiger partial charge in [-0.05, 0) is 31.2 Å². The van der Waals surface area contributed by atoms with Gasteiger partial charge in [0.25, 0.3) is 5.91 Å². The maximum Gasteiger partial charge on any atom is 0.252 e. The summed E-state index contributed by atoms with van der Waals surface area (Å²) in [5.74, 6) is 1.05. The van der Waals surface area contributed by atoms with Gasteiger partial charge < -0.3 is 10.2 Å². The molecule has 0 aliphatic carbocycles. The van der Waals surface area contributed by atoms with Crippen LogP contribution in [0.25, 0.3) is 0 Å². The highest BCUT2D eigenvalue weighted by atomic mass is 32.2. The number of hydrogen-bond acceptors (Lipinski definition) is 4. The number of carbonyl (C=O) groups excluding carboxylic acids is 2. The van der Waals surface area contributed by atoms with Crippen molar-refractivity contribution >= 4 is 35.3 Å². The average Bonchev–Trinajstić information content (AvgIpc) is 2.64. The molecule has 4 nitrogen and oxygen atoms in total. The number of thioether (sulfide) groups is 2. The zero-order chi connectivity index (χ0) is 18.9. The second-order valence-corrected chi connectivity index (χ2v) is 8.18. The molecule has 0 radical (unpaired) electrons. The number of hydrogen-bond donors (Lipinski definition) is 1. The van der Waals surface area contributed by atoms with Gasteiger partial charge in [0.1, 0.15) is 0 Å². The van der Waals surface area contributed by atoms with E-state index in [4.69, 9.17) is 0 Å². The third kappa shape index (κ3) is 6.42. The molecule has 0 saturated carbocycles. The summed E-state index contributed by atoms with van der Waals surface area (Å²) in [6.45, 7) is 2.66. The van der Waals surface area contributed by atoms with Crippen molar-refractivity contribution in [3.63, 3.8) is 0 Å². The summed E-state index contributed by atoms with van der Waals surface area (Å²) in [5, 5.41) is 2.96. The number of nitrogens with zero attached hydrogens (tertiary/aromatic N) is 1. The molecule has 0 saturated heterocycles. The van der Waals surface area contributed by atoms with E-state index in [-0.39, 0.29) is 11.8 Å².